The third kappa shape index (κ3) is 2.59. The first-order valence-corrected chi connectivity index (χ1v) is 7.82. The van der Waals surface area contributed by atoms with Gasteiger partial charge in [-0.05, 0) is 55.2 Å². The van der Waals surface area contributed by atoms with Crippen LogP contribution in [0, 0.1) is 12.8 Å². The fourth-order valence-corrected chi connectivity index (χ4v) is 3.82. The number of nitrogens with one attached hydrogen (secondary N) is 1. The van der Waals surface area contributed by atoms with Gasteiger partial charge in [0, 0.05) is 5.69 Å². The van der Waals surface area contributed by atoms with Crippen molar-refractivity contribution in [2.75, 3.05) is 5.32 Å². The van der Waals surface area contributed by atoms with Crippen LogP contribution in [-0.4, -0.2) is 11.9 Å². The van der Waals surface area contributed by atoms with Crippen LogP contribution in [0.3, 0.4) is 0 Å². The van der Waals surface area contributed by atoms with Gasteiger partial charge in [-0.3, -0.25) is 4.79 Å². The second-order valence-corrected chi connectivity index (χ2v) is 6.43. The zero-order chi connectivity index (χ0) is 14.1. The van der Waals surface area contributed by atoms with E-state index in [4.69, 9.17) is 5.73 Å². The van der Waals surface area contributed by atoms with Crippen LogP contribution in [0.5, 0.6) is 0 Å². The second kappa shape index (κ2) is 5.57. The van der Waals surface area contributed by atoms with E-state index in [1.54, 1.807) is 0 Å². The molecular formula is C17H24N2O. The summed E-state index contributed by atoms with van der Waals surface area (Å²) in [5, 5.41) is 3.02. The van der Waals surface area contributed by atoms with Crippen LogP contribution in [0.2, 0.25) is 0 Å². The standard InChI is InChI=1S/C17H24N2O/c1-11-7-8-13-14(12-5-3-2-4-6-12)10-15(18)17(20)19-16(13)9-11/h7-9,12,14-15H,2-6,10,18H2,1H3,(H,19,20)/t14-,15-/m0/s1. The van der Waals surface area contributed by atoms with Crippen LogP contribution in [0.15, 0.2) is 18.2 Å². The Hall–Kier alpha value is -1.35. The maximum Gasteiger partial charge on any atom is 0.241 e. The van der Waals surface area contributed by atoms with Crippen molar-refractivity contribution in [3.05, 3.63) is 29.3 Å². The molecule has 0 unspecified atom stereocenters. The number of rotatable bonds is 1. The molecule has 0 radical (unpaired) electrons. The SMILES string of the molecule is Cc1ccc2c(c1)NC(=O)[C@@H](N)C[C@H]2C1CCCCC1. The lowest BCUT2D eigenvalue weighted by atomic mass is 9.74. The van der Waals surface area contributed by atoms with Crippen LogP contribution in [-0.2, 0) is 4.79 Å². The summed E-state index contributed by atoms with van der Waals surface area (Å²) in [5.74, 6) is 1.08. The van der Waals surface area contributed by atoms with Crippen molar-refractivity contribution in [1.82, 2.24) is 0 Å². The number of anilines is 1. The number of nitrogens with two attached hydrogens (primary N) is 1. The quantitative estimate of drug-likeness (QED) is 0.824. The lowest BCUT2D eigenvalue weighted by molar-refractivity contribution is -0.117. The molecule has 1 aliphatic carbocycles. The van der Waals surface area contributed by atoms with Crippen LogP contribution in [0.1, 0.15) is 55.6 Å². The number of carbonyl (C=O) groups is 1. The van der Waals surface area contributed by atoms with Crippen molar-refractivity contribution in [3.8, 4) is 0 Å². The van der Waals surface area contributed by atoms with Gasteiger partial charge in [-0.25, -0.2) is 0 Å². The molecule has 108 valence electrons. The average molecular weight is 272 g/mol. The Balaban J connectivity index is 1.97. The number of aryl methyl sites for hydroxylation is 1. The van der Waals surface area contributed by atoms with E-state index in [1.807, 2.05) is 0 Å². The van der Waals surface area contributed by atoms with E-state index in [0.717, 1.165) is 12.1 Å². The molecule has 3 heteroatoms. The van der Waals surface area contributed by atoms with Gasteiger partial charge in [-0.15, -0.1) is 0 Å². The summed E-state index contributed by atoms with van der Waals surface area (Å²) < 4.78 is 0. The summed E-state index contributed by atoms with van der Waals surface area (Å²) in [5.41, 5.74) is 9.54. The van der Waals surface area contributed by atoms with E-state index >= 15 is 0 Å². The number of hydrogen-bond acceptors (Lipinski definition) is 2. The molecule has 0 bridgehead atoms. The highest BCUT2D eigenvalue weighted by Crippen LogP contribution is 2.42. The third-order valence-electron chi connectivity index (χ3n) is 4.93. The summed E-state index contributed by atoms with van der Waals surface area (Å²) in [4.78, 5) is 12.1. The fraction of sp³-hybridized carbons (Fsp3) is 0.588. The van der Waals surface area contributed by atoms with Crippen molar-refractivity contribution in [3.63, 3.8) is 0 Å². The Labute approximate surface area is 120 Å². The minimum absolute atomic E-state index is 0.0323. The Morgan fingerprint density at radius 2 is 1.95 bits per heavy atom. The molecule has 1 aromatic rings. The molecule has 3 N–H and O–H groups in total. The molecule has 0 spiro atoms. The number of hydrogen-bond donors (Lipinski definition) is 2. The molecule has 1 fully saturated rings. The van der Waals surface area contributed by atoms with E-state index in [1.165, 1.54) is 43.2 Å². The molecule has 3 rings (SSSR count). The van der Waals surface area contributed by atoms with Crippen LogP contribution < -0.4 is 11.1 Å². The molecule has 1 aromatic carbocycles. The maximum absolute atomic E-state index is 12.1. The molecule has 1 amide bonds. The Kier molecular flexibility index (Phi) is 3.79. The monoisotopic (exact) mass is 272 g/mol. The minimum Gasteiger partial charge on any atom is -0.324 e. The van der Waals surface area contributed by atoms with E-state index < -0.39 is 0 Å². The molecule has 20 heavy (non-hydrogen) atoms. The molecule has 2 atom stereocenters. The van der Waals surface area contributed by atoms with Gasteiger partial charge >= 0.3 is 0 Å². The van der Waals surface area contributed by atoms with Gasteiger partial charge in [0.25, 0.3) is 0 Å². The summed E-state index contributed by atoms with van der Waals surface area (Å²) >= 11 is 0. The van der Waals surface area contributed by atoms with Crippen molar-refractivity contribution >= 4 is 11.6 Å². The number of carbonyl (C=O) groups excluding carboxylic acids is 1. The predicted molar refractivity (Wildman–Crippen MR) is 81.7 cm³/mol. The van der Waals surface area contributed by atoms with Gasteiger partial charge in [0.2, 0.25) is 5.91 Å². The third-order valence-corrected chi connectivity index (χ3v) is 4.93. The van der Waals surface area contributed by atoms with Crippen LogP contribution in [0.25, 0.3) is 0 Å². The predicted octanol–water partition coefficient (Wildman–Crippen LogP) is 3.33. The first-order chi connectivity index (χ1) is 9.65. The van der Waals surface area contributed by atoms with E-state index in [-0.39, 0.29) is 11.9 Å². The molecule has 0 aromatic heterocycles. The maximum atomic E-state index is 12.1. The van der Waals surface area contributed by atoms with Gasteiger partial charge in [-0.2, -0.15) is 0 Å². The van der Waals surface area contributed by atoms with Crippen molar-refractivity contribution in [2.45, 2.75) is 57.4 Å². The summed E-state index contributed by atoms with van der Waals surface area (Å²) in [7, 11) is 0. The lowest BCUT2D eigenvalue weighted by Crippen LogP contribution is -2.35. The fourth-order valence-electron chi connectivity index (χ4n) is 3.82. The van der Waals surface area contributed by atoms with Crippen molar-refractivity contribution < 1.29 is 4.79 Å². The minimum atomic E-state index is -0.380. The van der Waals surface area contributed by atoms with E-state index in [0.29, 0.717) is 11.8 Å². The van der Waals surface area contributed by atoms with Gasteiger partial charge in [0.15, 0.2) is 0 Å². The summed E-state index contributed by atoms with van der Waals surface area (Å²) in [6.07, 6.45) is 7.33. The Morgan fingerprint density at radius 3 is 2.70 bits per heavy atom. The summed E-state index contributed by atoms with van der Waals surface area (Å²) in [6.45, 7) is 2.06. The van der Waals surface area contributed by atoms with Gasteiger partial charge in [-0.1, -0.05) is 31.4 Å². The lowest BCUT2D eigenvalue weighted by Gasteiger charge is -2.31. The molecule has 3 nitrogen and oxygen atoms in total. The van der Waals surface area contributed by atoms with Gasteiger partial charge in [0.1, 0.15) is 0 Å². The molecule has 1 saturated carbocycles. The molecule has 2 aliphatic rings. The summed E-state index contributed by atoms with van der Waals surface area (Å²) in [6, 6.07) is 6.05. The second-order valence-electron chi connectivity index (χ2n) is 6.43. The normalized spacial score (nSPS) is 27.6. The first-order valence-electron chi connectivity index (χ1n) is 7.82. The highest BCUT2D eigenvalue weighted by atomic mass is 16.2. The molecular weight excluding hydrogens is 248 g/mol. The zero-order valence-corrected chi connectivity index (χ0v) is 12.2. The molecule has 0 saturated heterocycles. The number of amides is 1. The average Bonchev–Trinajstić information content (AvgIpc) is 2.57. The topological polar surface area (TPSA) is 55.1 Å². The number of benzene rings is 1. The van der Waals surface area contributed by atoms with E-state index in [2.05, 4.69) is 30.4 Å². The van der Waals surface area contributed by atoms with Gasteiger partial charge < -0.3 is 11.1 Å². The van der Waals surface area contributed by atoms with Gasteiger partial charge in [0.05, 0.1) is 6.04 Å². The zero-order valence-electron chi connectivity index (χ0n) is 12.2. The molecule has 1 aliphatic heterocycles. The first kappa shape index (κ1) is 13.6. The van der Waals surface area contributed by atoms with Crippen LogP contribution >= 0.6 is 0 Å². The van der Waals surface area contributed by atoms with Crippen LogP contribution in [0.4, 0.5) is 5.69 Å². The smallest absolute Gasteiger partial charge is 0.241 e. The molecule has 1 heterocycles. The highest BCUT2D eigenvalue weighted by Gasteiger charge is 2.33. The van der Waals surface area contributed by atoms with E-state index in [9.17, 15) is 4.79 Å². The Morgan fingerprint density at radius 1 is 1.20 bits per heavy atom. The highest BCUT2D eigenvalue weighted by molar-refractivity contribution is 5.96. The largest absolute Gasteiger partial charge is 0.324 e. The van der Waals surface area contributed by atoms with Crippen molar-refractivity contribution in [2.24, 2.45) is 11.7 Å². The van der Waals surface area contributed by atoms with Crippen molar-refractivity contribution in [1.29, 1.82) is 0 Å². The Bertz CT molecular complexity index is 506. The number of fused-ring (bicyclic) bond motifs is 1.